The lowest BCUT2D eigenvalue weighted by molar-refractivity contribution is -0.148. The first-order valence-corrected chi connectivity index (χ1v) is 3.13. The van der Waals surface area contributed by atoms with Crippen molar-refractivity contribution in [1.82, 2.24) is 11.0 Å². The van der Waals surface area contributed by atoms with E-state index in [4.69, 9.17) is 0 Å². The Morgan fingerprint density at radius 2 is 2.55 bits per heavy atom. The van der Waals surface area contributed by atoms with Crippen molar-refractivity contribution < 1.29 is 19.3 Å². The van der Waals surface area contributed by atoms with E-state index in [2.05, 4.69) is 15.2 Å². The molecule has 1 aliphatic heterocycles. The van der Waals surface area contributed by atoms with Crippen LogP contribution in [0.4, 0.5) is 0 Å². The molecule has 0 aromatic heterocycles. The normalized spacial score (nSPS) is 23.0. The summed E-state index contributed by atoms with van der Waals surface area (Å²) in [7, 11) is 0. The van der Waals surface area contributed by atoms with Gasteiger partial charge in [-0.2, -0.15) is 10.4 Å². The van der Waals surface area contributed by atoms with Crippen molar-refractivity contribution in [2.45, 2.75) is 13.0 Å². The quantitative estimate of drug-likeness (QED) is 0.379. The number of amides is 1. The fourth-order valence-electron chi connectivity index (χ4n) is 0.632. The summed E-state index contributed by atoms with van der Waals surface area (Å²) >= 11 is 0. The van der Waals surface area contributed by atoms with Gasteiger partial charge in [0.1, 0.15) is 0 Å². The molecule has 0 saturated carbocycles. The monoisotopic (exact) mass is 160 g/mol. The molecule has 6 nitrogen and oxygen atoms in total. The molecule has 0 aromatic carbocycles. The third kappa shape index (κ3) is 1.66. The average molecular weight is 160 g/mol. The summed E-state index contributed by atoms with van der Waals surface area (Å²) < 4.78 is 4.55. The Morgan fingerprint density at radius 1 is 1.82 bits per heavy atom. The highest BCUT2D eigenvalue weighted by molar-refractivity contribution is 6.02. The summed E-state index contributed by atoms with van der Waals surface area (Å²) in [6, 6.07) is -1.03. The van der Waals surface area contributed by atoms with Gasteiger partial charge in [0.2, 0.25) is 6.04 Å². The maximum absolute atomic E-state index is 10.8. The first-order valence-electron chi connectivity index (χ1n) is 3.13. The Kier molecular flexibility index (Phi) is 2.40. The van der Waals surface area contributed by atoms with Crippen molar-refractivity contribution in [2.24, 2.45) is 0 Å². The zero-order valence-electron chi connectivity index (χ0n) is 5.92. The summed E-state index contributed by atoms with van der Waals surface area (Å²) in [5.41, 5.74) is 4.11. The van der Waals surface area contributed by atoms with Crippen LogP contribution in [0.15, 0.2) is 0 Å². The van der Waals surface area contributed by atoms with Crippen molar-refractivity contribution in [3.63, 3.8) is 0 Å². The molecule has 0 spiro atoms. The Hall–Kier alpha value is -1.14. The van der Waals surface area contributed by atoms with Gasteiger partial charge in [0, 0.05) is 0 Å². The predicted molar refractivity (Wildman–Crippen MR) is 32.8 cm³/mol. The summed E-state index contributed by atoms with van der Waals surface area (Å²) in [6.45, 7) is 1.90. The minimum Gasteiger partial charge on any atom is -0.464 e. The molecule has 2 N–H and O–H groups in total. The van der Waals surface area contributed by atoms with Crippen LogP contribution in [0, 0.1) is 0 Å². The number of hydrogen-bond donors (Lipinski definition) is 2. The number of rotatable bonds is 2. The lowest BCUT2D eigenvalue weighted by atomic mass is 10.3. The third-order valence-corrected chi connectivity index (χ3v) is 1.11. The van der Waals surface area contributed by atoms with Gasteiger partial charge in [-0.1, -0.05) is 0 Å². The molecule has 1 unspecified atom stereocenters. The lowest BCUT2D eigenvalue weighted by Crippen LogP contribution is -2.38. The van der Waals surface area contributed by atoms with Crippen LogP contribution in [0.5, 0.6) is 0 Å². The molecule has 11 heavy (non-hydrogen) atoms. The van der Waals surface area contributed by atoms with Gasteiger partial charge < -0.3 is 4.74 Å². The minimum atomic E-state index is -1.03. The fourth-order valence-corrected chi connectivity index (χ4v) is 0.632. The molecule has 0 radical (unpaired) electrons. The third-order valence-electron chi connectivity index (χ3n) is 1.11. The zero-order valence-corrected chi connectivity index (χ0v) is 5.92. The highest BCUT2D eigenvalue weighted by Gasteiger charge is 2.33. The van der Waals surface area contributed by atoms with Gasteiger partial charge in [0.15, 0.2) is 0 Å². The molecule has 0 bridgehead atoms. The molecule has 62 valence electrons. The summed E-state index contributed by atoms with van der Waals surface area (Å²) in [6.07, 6.45) is 0. The second kappa shape index (κ2) is 3.31. The summed E-state index contributed by atoms with van der Waals surface area (Å²) in [4.78, 5) is 25.8. The lowest BCUT2D eigenvalue weighted by Gasteiger charge is -2.03. The molecular weight excluding hydrogens is 152 g/mol. The first kappa shape index (κ1) is 7.96. The Morgan fingerprint density at radius 3 is 3.00 bits per heavy atom. The molecule has 1 saturated heterocycles. The molecule has 1 aliphatic rings. The van der Waals surface area contributed by atoms with E-state index in [1.807, 2.05) is 5.48 Å². The van der Waals surface area contributed by atoms with E-state index in [1.54, 1.807) is 6.92 Å². The van der Waals surface area contributed by atoms with Crippen molar-refractivity contribution >= 4 is 11.9 Å². The van der Waals surface area contributed by atoms with E-state index in [0.29, 0.717) is 0 Å². The summed E-state index contributed by atoms with van der Waals surface area (Å²) in [5.74, 6) is -1.18. The topological polar surface area (TPSA) is 76.7 Å². The molecule has 1 heterocycles. The number of carbonyl (C=O) groups excluding carboxylic acids is 2. The van der Waals surface area contributed by atoms with Crippen molar-refractivity contribution in [1.29, 1.82) is 0 Å². The fraction of sp³-hybridized carbons (Fsp3) is 0.600. The molecule has 0 aliphatic carbocycles. The molecule has 0 aromatic rings. The van der Waals surface area contributed by atoms with Crippen LogP contribution < -0.4 is 11.0 Å². The predicted octanol–water partition coefficient (Wildman–Crippen LogP) is -1.52. The van der Waals surface area contributed by atoms with Crippen LogP contribution in [0.25, 0.3) is 0 Å². The Bertz CT molecular complexity index is 181. The minimum absolute atomic E-state index is 0.240. The molecule has 1 fully saturated rings. The van der Waals surface area contributed by atoms with Gasteiger partial charge >= 0.3 is 5.97 Å². The van der Waals surface area contributed by atoms with Gasteiger partial charge in [-0.05, 0) is 6.92 Å². The highest BCUT2D eigenvalue weighted by Crippen LogP contribution is 1.94. The molecule has 1 amide bonds. The van der Waals surface area contributed by atoms with Gasteiger partial charge in [-0.25, -0.2) is 10.3 Å². The number of carbonyl (C=O) groups is 2. The van der Waals surface area contributed by atoms with Gasteiger partial charge in [0.05, 0.1) is 6.61 Å². The maximum Gasteiger partial charge on any atom is 0.335 e. The summed E-state index contributed by atoms with van der Waals surface area (Å²) in [5, 5.41) is 0. The average Bonchev–Trinajstić information content (AvgIpc) is 2.36. The van der Waals surface area contributed by atoms with Crippen molar-refractivity contribution in [3.05, 3.63) is 0 Å². The maximum atomic E-state index is 10.8. The van der Waals surface area contributed by atoms with E-state index < -0.39 is 17.9 Å². The Labute approximate surface area is 62.8 Å². The SMILES string of the molecule is CCOC(=O)C1NONC1=O. The van der Waals surface area contributed by atoms with Gasteiger partial charge in [-0.3, -0.25) is 4.79 Å². The largest absolute Gasteiger partial charge is 0.464 e. The Balaban J connectivity index is 2.46. The number of ether oxygens (including phenoxy) is 1. The van der Waals surface area contributed by atoms with Crippen molar-refractivity contribution in [3.8, 4) is 0 Å². The van der Waals surface area contributed by atoms with Crippen LogP contribution in [0.3, 0.4) is 0 Å². The van der Waals surface area contributed by atoms with Crippen LogP contribution in [0.2, 0.25) is 0 Å². The van der Waals surface area contributed by atoms with Gasteiger partial charge in [0.25, 0.3) is 5.91 Å². The molecule has 1 rings (SSSR count). The standard InChI is InChI=1S/C5H8N2O4/c1-2-10-5(9)3-4(8)7-11-6-3/h3,6H,2H2,1H3,(H,7,8). The van der Waals surface area contributed by atoms with E-state index in [9.17, 15) is 9.59 Å². The van der Waals surface area contributed by atoms with Crippen LogP contribution in [-0.4, -0.2) is 24.5 Å². The first-order chi connectivity index (χ1) is 5.25. The van der Waals surface area contributed by atoms with Gasteiger partial charge in [-0.15, -0.1) is 0 Å². The smallest absolute Gasteiger partial charge is 0.335 e. The second-order valence-electron chi connectivity index (χ2n) is 1.87. The van der Waals surface area contributed by atoms with Crippen LogP contribution >= 0.6 is 0 Å². The van der Waals surface area contributed by atoms with E-state index >= 15 is 0 Å². The highest BCUT2D eigenvalue weighted by atomic mass is 16.8. The van der Waals surface area contributed by atoms with Crippen LogP contribution in [-0.2, 0) is 19.3 Å². The molecule has 6 heteroatoms. The van der Waals surface area contributed by atoms with Crippen molar-refractivity contribution in [2.75, 3.05) is 6.61 Å². The van der Waals surface area contributed by atoms with E-state index in [0.717, 1.165) is 0 Å². The molecular formula is C5H8N2O4. The molecule has 1 atom stereocenters. The number of esters is 1. The van der Waals surface area contributed by atoms with E-state index in [1.165, 1.54) is 0 Å². The number of hydroxylamine groups is 2. The number of hydrogen-bond acceptors (Lipinski definition) is 5. The van der Waals surface area contributed by atoms with E-state index in [-0.39, 0.29) is 6.61 Å². The van der Waals surface area contributed by atoms with Crippen LogP contribution in [0.1, 0.15) is 6.92 Å². The second-order valence-corrected chi connectivity index (χ2v) is 1.87. The number of nitrogens with one attached hydrogen (secondary N) is 2. The zero-order chi connectivity index (χ0) is 8.27.